The van der Waals surface area contributed by atoms with Crippen LogP contribution in [-0.2, 0) is 11.2 Å². The number of hydrogen-bond donors (Lipinski definition) is 0. The summed E-state index contributed by atoms with van der Waals surface area (Å²) in [5.41, 5.74) is 0. The van der Waals surface area contributed by atoms with Gasteiger partial charge in [0.05, 0.1) is 0 Å². The highest BCUT2D eigenvalue weighted by molar-refractivity contribution is 7.09. The smallest absolute Gasteiger partial charge is 0.260 e. The second kappa shape index (κ2) is 6.95. The lowest BCUT2D eigenvalue weighted by Gasteiger charge is -2.17. The number of benzene rings is 1. The fourth-order valence-corrected chi connectivity index (χ4v) is 2.33. The van der Waals surface area contributed by atoms with Crippen molar-refractivity contribution in [3.8, 4) is 5.75 Å². The van der Waals surface area contributed by atoms with Gasteiger partial charge in [-0.15, -0.1) is 11.3 Å². The molecule has 0 aliphatic carbocycles. The second-order valence-electron chi connectivity index (χ2n) is 4.25. The lowest BCUT2D eigenvalue weighted by molar-refractivity contribution is -0.132. The molecule has 0 saturated carbocycles. The largest absolute Gasteiger partial charge is 0.484 e. The molecule has 3 nitrogen and oxygen atoms in total. The molecular weight excluding hydrogens is 258 g/mol. The standard InChI is InChI=1S/C15H17NO2S/c1-16(10-9-14-8-5-11-19-14)15(17)12-18-13-6-3-2-4-7-13/h2-8,11H,9-10,12H2,1H3. The van der Waals surface area contributed by atoms with Crippen molar-refractivity contribution < 1.29 is 9.53 Å². The molecule has 1 amide bonds. The summed E-state index contributed by atoms with van der Waals surface area (Å²) >= 11 is 1.72. The van der Waals surface area contributed by atoms with Crippen LogP contribution in [0.25, 0.3) is 0 Å². The maximum Gasteiger partial charge on any atom is 0.260 e. The summed E-state index contributed by atoms with van der Waals surface area (Å²) in [6.45, 7) is 0.808. The zero-order valence-electron chi connectivity index (χ0n) is 10.9. The van der Waals surface area contributed by atoms with Crippen LogP contribution >= 0.6 is 11.3 Å². The van der Waals surface area contributed by atoms with Crippen LogP contribution in [0.1, 0.15) is 4.88 Å². The topological polar surface area (TPSA) is 29.5 Å². The fraction of sp³-hybridized carbons (Fsp3) is 0.267. The molecule has 0 fully saturated rings. The van der Waals surface area contributed by atoms with Gasteiger partial charge in [0.25, 0.3) is 5.91 Å². The fourth-order valence-electron chi connectivity index (χ4n) is 1.63. The molecule has 19 heavy (non-hydrogen) atoms. The molecule has 0 bridgehead atoms. The predicted molar refractivity (Wildman–Crippen MR) is 77.6 cm³/mol. The van der Waals surface area contributed by atoms with Gasteiger partial charge in [0.2, 0.25) is 0 Å². The minimum atomic E-state index is 0.000379. The van der Waals surface area contributed by atoms with Gasteiger partial charge in [0, 0.05) is 18.5 Å². The molecule has 0 unspecified atom stereocenters. The number of likely N-dealkylation sites (N-methyl/N-ethyl adjacent to an activating group) is 1. The first-order valence-electron chi connectivity index (χ1n) is 6.20. The Bertz CT molecular complexity index is 496. The number of hydrogen-bond acceptors (Lipinski definition) is 3. The van der Waals surface area contributed by atoms with Crippen molar-refractivity contribution in [2.24, 2.45) is 0 Å². The highest BCUT2D eigenvalue weighted by Crippen LogP contribution is 2.10. The molecule has 100 valence electrons. The summed E-state index contributed by atoms with van der Waals surface area (Å²) in [5, 5.41) is 2.05. The molecule has 1 aromatic carbocycles. The van der Waals surface area contributed by atoms with Crippen LogP contribution in [0.4, 0.5) is 0 Å². The third-order valence-electron chi connectivity index (χ3n) is 2.80. The van der Waals surface area contributed by atoms with Gasteiger partial charge in [-0.25, -0.2) is 0 Å². The van der Waals surface area contributed by atoms with E-state index in [2.05, 4.69) is 11.4 Å². The SMILES string of the molecule is CN(CCc1cccs1)C(=O)COc1ccccc1. The molecule has 0 atom stereocenters. The van der Waals surface area contributed by atoms with Crippen LogP contribution in [0, 0.1) is 0 Å². The Hall–Kier alpha value is -1.81. The normalized spacial score (nSPS) is 10.2. The number of carbonyl (C=O) groups excluding carboxylic acids is 1. The summed E-state index contributed by atoms with van der Waals surface area (Å²) in [4.78, 5) is 14.9. The number of para-hydroxylation sites is 1. The van der Waals surface area contributed by atoms with Gasteiger partial charge in [-0.2, -0.15) is 0 Å². The molecule has 0 spiro atoms. The number of nitrogens with zero attached hydrogens (tertiary/aromatic N) is 1. The summed E-state index contributed by atoms with van der Waals surface area (Å²) in [6.07, 6.45) is 0.894. The Morgan fingerprint density at radius 1 is 1.21 bits per heavy atom. The first-order valence-corrected chi connectivity index (χ1v) is 7.08. The molecule has 1 heterocycles. The first-order chi connectivity index (χ1) is 9.25. The van der Waals surface area contributed by atoms with E-state index in [1.54, 1.807) is 16.2 Å². The van der Waals surface area contributed by atoms with Crippen molar-refractivity contribution in [3.05, 3.63) is 52.7 Å². The lowest BCUT2D eigenvalue weighted by Crippen LogP contribution is -2.32. The van der Waals surface area contributed by atoms with E-state index in [1.807, 2.05) is 43.4 Å². The van der Waals surface area contributed by atoms with Gasteiger partial charge in [0.1, 0.15) is 5.75 Å². The van der Waals surface area contributed by atoms with E-state index < -0.39 is 0 Å². The van der Waals surface area contributed by atoms with Crippen molar-refractivity contribution in [3.63, 3.8) is 0 Å². The van der Waals surface area contributed by atoms with E-state index in [4.69, 9.17) is 4.74 Å². The maximum atomic E-state index is 11.9. The Morgan fingerprint density at radius 2 is 2.00 bits per heavy atom. The number of carbonyl (C=O) groups is 1. The molecule has 2 aromatic rings. The van der Waals surface area contributed by atoms with Gasteiger partial charge >= 0.3 is 0 Å². The Balaban J connectivity index is 1.73. The van der Waals surface area contributed by atoms with Crippen LogP contribution < -0.4 is 4.74 Å². The Kier molecular flexibility index (Phi) is 4.98. The summed E-state index contributed by atoms with van der Waals surface area (Å²) in [5.74, 6) is 0.725. The molecule has 0 N–H and O–H groups in total. The van der Waals surface area contributed by atoms with Gasteiger partial charge in [-0.05, 0) is 30.0 Å². The first kappa shape index (κ1) is 13.6. The number of amides is 1. The van der Waals surface area contributed by atoms with E-state index in [-0.39, 0.29) is 12.5 Å². The second-order valence-corrected chi connectivity index (χ2v) is 5.28. The summed E-state index contributed by atoms with van der Waals surface area (Å²) in [6, 6.07) is 13.5. The third kappa shape index (κ3) is 4.41. The van der Waals surface area contributed by atoms with Crippen LogP contribution in [0.3, 0.4) is 0 Å². The van der Waals surface area contributed by atoms with Gasteiger partial charge in [0.15, 0.2) is 6.61 Å². The maximum absolute atomic E-state index is 11.9. The minimum absolute atomic E-state index is 0.000379. The average Bonchev–Trinajstić information content (AvgIpc) is 2.96. The van der Waals surface area contributed by atoms with Crippen LogP contribution in [0.5, 0.6) is 5.75 Å². The molecule has 2 rings (SSSR count). The molecule has 0 aliphatic rings. The quantitative estimate of drug-likeness (QED) is 0.811. The van der Waals surface area contributed by atoms with Gasteiger partial charge in [-0.3, -0.25) is 4.79 Å². The minimum Gasteiger partial charge on any atom is -0.484 e. The van der Waals surface area contributed by atoms with Crippen molar-refractivity contribution >= 4 is 17.2 Å². The third-order valence-corrected chi connectivity index (χ3v) is 3.74. The van der Waals surface area contributed by atoms with E-state index in [1.165, 1.54) is 4.88 Å². The van der Waals surface area contributed by atoms with Gasteiger partial charge in [-0.1, -0.05) is 24.3 Å². The van der Waals surface area contributed by atoms with Crippen molar-refractivity contribution in [2.75, 3.05) is 20.2 Å². The molecule has 0 radical (unpaired) electrons. The average molecular weight is 275 g/mol. The molecule has 1 aromatic heterocycles. The molecular formula is C15H17NO2S. The predicted octanol–water partition coefficient (Wildman–Crippen LogP) is 2.83. The van der Waals surface area contributed by atoms with Crippen molar-refractivity contribution in [1.82, 2.24) is 4.90 Å². The van der Waals surface area contributed by atoms with E-state index >= 15 is 0 Å². The van der Waals surface area contributed by atoms with E-state index in [0.29, 0.717) is 0 Å². The zero-order valence-corrected chi connectivity index (χ0v) is 11.7. The Labute approximate surface area is 117 Å². The molecule has 4 heteroatoms. The molecule has 0 saturated heterocycles. The number of ether oxygens (including phenoxy) is 1. The van der Waals surface area contributed by atoms with Crippen LogP contribution in [-0.4, -0.2) is 31.0 Å². The number of thiophene rings is 1. The monoisotopic (exact) mass is 275 g/mol. The highest BCUT2D eigenvalue weighted by Gasteiger charge is 2.09. The van der Waals surface area contributed by atoms with Crippen LogP contribution in [0.15, 0.2) is 47.8 Å². The van der Waals surface area contributed by atoms with Crippen molar-refractivity contribution in [2.45, 2.75) is 6.42 Å². The highest BCUT2D eigenvalue weighted by atomic mass is 32.1. The van der Waals surface area contributed by atoms with E-state index in [9.17, 15) is 4.79 Å². The lowest BCUT2D eigenvalue weighted by atomic mass is 10.3. The van der Waals surface area contributed by atoms with Crippen LogP contribution in [0.2, 0.25) is 0 Å². The van der Waals surface area contributed by atoms with E-state index in [0.717, 1.165) is 18.7 Å². The number of rotatable bonds is 6. The summed E-state index contributed by atoms with van der Waals surface area (Å²) < 4.78 is 5.44. The van der Waals surface area contributed by atoms with Crippen molar-refractivity contribution in [1.29, 1.82) is 0 Å². The molecule has 0 aliphatic heterocycles. The summed E-state index contributed by atoms with van der Waals surface area (Å²) in [7, 11) is 1.81. The van der Waals surface area contributed by atoms with Gasteiger partial charge < -0.3 is 9.64 Å². The zero-order chi connectivity index (χ0) is 13.5. The Morgan fingerprint density at radius 3 is 2.68 bits per heavy atom.